The van der Waals surface area contributed by atoms with Crippen molar-refractivity contribution in [1.29, 1.82) is 0 Å². The predicted octanol–water partition coefficient (Wildman–Crippen LogP) is -0.284. The lowest BCUT2D eigenvalue weighted by atomic mass is 10.2. The van der Waals surface area contributed by atoms with Crippen LogP contribution in [0.1, 0.15) is 27.6 Å². The van der Waals surface area contributed by atoms with Crippen LogP contribution in [0.4, 0.5) is 0 Å². The predicted molar refractivity (Wildman–Crippen MR) is 67.2 cm³/mol. The zero-order chi connectivity index (χ0) is 13.8. The van der Waals surface area contributed by atoms with E-state index in [0.29, 0.717) is 11.1 Å². The summed E-state index contributed by atoms with van der Waals surface area (Å²) < 4.78 is 1.97. The van der Waals surface area contributed by atoms with E-state index in [9.17, 15) is 9.59 Å². The molecule has 0 heterocycles. The van der Waals surface area contributed by atoms with E-state index in [1.54, 1.807) is 24.3 Å². The van der Waals surface area contributed by atoms with E-state index in [4.69, 9.17) is 5.11 Å². The minimum Gasteiger partial charge on any atom is -0.478 e. The first-order valence-corrected chi connectivity index (χ1v) is 7.82. The maximum atomic E-state index is 11.2. The minimum absolute atomic E-state index is 0.0377. The molecule has 0 aliphatic heterocycles. The Kier molecular flexibility index (Phi) is 4.31. The maximum absolute atomic E-state index is 11.2. The molecule has 0 spiro atoms. The van der Waals surface area contributed by atoms with Crippen LogP contribution >= 0.6 is 0 Å². The lowest BCUT2D eigenvalue weighted by Crippen LogP contribution is -3.61. The van der Waals surface area contributed by atoms with Gasteiger partial charge in [0.1, 0.15) is 5.56 Å². The Morgan fingerprint density at radius 2 is 1.63 bits per heavy atom. The topological polar surface area (TPSA) is 54.4 Å². The zero-order valence-electron chi connectivity index (χ0n) is 10.3. The SMILES string of the molecule is CC(=O)c1ccc([I+]c2ccccc2C(=O)O)cc1. The van der Waals surface area contributed by atoms with Crippen LogP contribution in [0.25, 0.3) is 0 Å². The molecule has 2 rings (SSSR count). The van der Waals surface area contributed by atoms with Gasteiger partial charge in [-0.25, -0.2) is 4.79 Å². The van der Waals surface area contributed by atoms with Gasteiger partial charge in [0.2, 0.25) is 3.57 Å². The molecular weight excluding hydrogens is 355 g/mol. The fourth-order valence-corrected chi connectivity index (χ4v) is 4.06. The molecule has 0 aliphatic rings. The van der Waals surface area contributed by atoms with Gasteiger partial charge in [-0.1, -0.05) is 12.1 Å². The summed E-state index contributed by atoms with van der Waals surface area (Å²) >= 11 is -0.551. The monoisotopic (exact) mass is 367 g/mol. The molecule has 19 heavy (non-hydrogen) atoms. The standard InChI is InChI=1S/C15H11IO3/c1-10(17)11-6-8-12(9-7-11)16-14-5-3-2-4-13(14)15(18)19/h2-9H,1H3/p+1. The number of carboxylic acids is 1. The summed E-state index contributed by atoms with van der Waals surface area (Å²) in [7, 11) is 0. The average Bonchev–Trinajstić information content (AvgIpc) is 2.39. The molecule has 0 unspecified atom stereocenters. The van der Waals surface area contributed by atoms with Crippen LogP contribution in [0.15, 0.2) is 48.5 Å². The lowest BCUT2D eigenvalue weighted by Gasteiger charge is -1.95. The Hall–Kier alpha value is -1.69. The number of carboxylic acid groups (broad SMARTS) is 1. The first-order chi connectivity index (χ1) is 9.08. The summed E-state index contributed by atoms with van der Waals surface area (Å²) in [6.07, 6.45) is 0. The third-order valence-corrected chi connectivity index (χ3v) is 5.43. The van der Waals surface area contributed by atoms with Crippen LogP contribution in [-0.2, 0) is 0 Å². The number of hydrogen-bond acceptors (Lipinski definition) is 2. The third kappa shape index (κ3) is 3.41. The molecule has 2 aromatic carbocycles. The number of carbonyl (C=O) groups is 2. The van der Waals surface area contributed by atoms with E-state index in [-0.39, 0.29) is 5.78 Å². The van der Waals surface area contributed by atoms with E-state index in [1.807, 2.05) is 24.3 Å². The van der Waals surface area contributed by atoms with Crippen molar-refractivity contribution < 1.29 is 35.9 Å². The van der Waals surface area contributed by atoms with Gasteiger partial charge in [-0.05, 0) is 43.3 Å². The van der Waals surface area contributed by atoms with Crippen LogP contribution in [-0.4, -0.2) is 16.9 Å². The summed E-state index contributed by atoms with van der Waals surface area (Å²) in [4.78, 5) is 22.3. The van der Waals surface area contributed by atoms with Gasteiger partial charge in [0.15, 0.2) is 9.35 Å². The Bertz CT molecular complexity index is 618. The van der Waals surface area contributed by atoms with E-state index >= 15 is 0 Å². The van der Waals surface area contributed by atoms with E-state index in [1.165, 1.54) is 6.92 Å². The van der Waals surface area contributed by atoms with Gasteiger partial charge in [-0.2, -0.15) is 0 Å². The normalized spacial score (nSPS) is 10.2. The second-order valence-corrected chi connectivity index (χ2v) is 6.89. The highest BCUT2D eigenvalue weighted by Gasteiger charge is 2.23. The fourth-order valence-electron chi connectivity index (χ4n) is 1.58. The molecule has 0 bridgehead atoms. The highest BCUT2D eigenvalue weighted by molar-refractivity contribution is 5.93. The fraction of sp³-hybridized carbons (Fsp3) is 0.0667. The summed E-state index contributed by atoms with van der Waals surface area (Å²) in [5.74, 6) is -0.855. The van der Waals surface area contributed by atoms with Crippen molar-refractivity contribution in [3.8, 4) is 0 Å². The first kappa shape index (κ1) is 13.7. The smallest absolute Gasteiger partial charge is 0.358 e. The van der Waals surface area contributed by atoms with Gasteiger partial charge in [-0.3, -0.25) is 4.79 Å². The number of rotatable bonds is 4. The van der Waals surface area contributed by atoms with Crippen molar-refractivity contribution >= 4 is 11.8 Å². The van der Waals surface area contributed by atoms with Gasteiger partial charge in [0.25, 0.3) is 0 Å². The quantitative estimate of drug-likeness (QED) is 0.597. The lowest BCUT2D eigenvalue weighted by molar-refractivity contribution is -0.597. The summed E-state index contributed by atoms with van der Waals surface area (Å²) in [5.41, 5.74) is 1.05. The minimum atomic E-state index is -0.893. The van der Waals surface area contributed by atoms with E-state index in [2.05, 4.69) is 0 Å². The van der Waals surface area contributed by atoms with Gasteiger partial charge in [-0.15, -0.1) is 0 Å². The number of hydrogen-bond donors (Lipinski definition) is 1. The van der Waals surface area contributed by atoms with Crippen molar-refractivity contribution in [3.05, 3.63) is 66.8 Å². The molecule has 0 amide bonds. The van der Waals surface area contributed by atoms with Crippen molar-refractivity contribution in [3.63, 3.8) is 0 Å². The van der Waals surface area contributed by atoms with Crippen LogP contribution in [0, 0.1) is 7.14 Å². The van der Waals surface area contributed by atoms with Crippen LogP contribution < -0.4 is 21.2 Å². The van der Waals surface area contributed by atoms with Crippen LogP contribution in [0.2, 0.25) is 0 Å². The largest absolute Gasteiger partial charge is 0.478 e. The maximum Gasteiger partial charge on any atom is 0.358 e. The number of aromatic carboxylic acids is 1. The molecule has 1 N–H and O–H groups in total. The van der Waals surface area contributed by atoms with Crippen LogP contribution in [0.5, 0.6) is 0 Å². The Morgan fingerprint density at radius 3 is 2.21 bits per heavy atom. The second-order valence-electron chi connectivity index (χ2n) is 3.94. The zero-order valence-corrected chi connectivity index (χ0v) is 12.4. The first-order valence-electron chi connectivity index (χ1n) is 5.66. The molecule has 96 valence electrons. The molecule has 2 aromatic rings. The average molecular weight is 367 g/mol. The summed E-state index contributed by atoms with van der Waals surface area (Å²) in [5, 5.41) is 9.13. The molecule has 0 saturated carbocycles. The Balaban J connectivity index is 2.26. The summed E-state index contributed by atoms with van der Waals surface area (Å²) in [6, 6.07) is 14.5. The highest BCUT2D eigenvalue weighted by atomic mass is 127. The number of benzene rings is 2. The van der Waals surface area contributed by atoms with Crippen molar-refractivity contribution in [2.75, 3.05) is 0 Å². The van der Waals surface area contributed by atoms with Gasteiger partial charge in [0, 0.05) is 5.56 Å². The Morgan fingerprint density at radius 1 is 1.00 bits per heavy atom. The molecular formula is C15H12IO3+. The van der Waals surface area contributed by atoms with Crippen molar-refractivity contribution in [2.45, 2.75) is 6.92 Å². The number of ketones is 1. The molecule has 0 fully saturated rings. The Labute approximate surface area is 121 Å². The van der Waals surface area contributed by atoms with Crippen molar-refractivity contribution in [1.82, 2.24) is 0 Å². The van der Waals surface area contributed by atoms with Gasteiger partial charge in [0.05, 0.1) is 0 Å². The van der Waals surface area contributed by atoms with Gasteiger partial charge >= 0.3 is 27.2 Å². The molecule has 0 saturated heterocycles. The van der Waals surface area contributed by atoms with E-state index in [0.717, 1.165) is 7.14 Å². The highest BCUT2D eigenvalue weighted by Crippen LogP contribution is 2.00. The van der Waals surface area contributed by atoms with Gasteiger partial charge < -0.3 is 5.11 Å². The molecule has 3 nitrogen and oxygen atoms in total. The summed E-state index contributed by atoms with van der Waals surface area (Å²) in [6.45, 7) is 1.53. The van der Waals surface area contributed by atoms with Crippen LogP contribution in [0.3, 0.4) is 0 Å². The molecule has 0 atom stereocenters. The third-order valence-electron chi connectivity index (χ3n) is 2.57. The van der Waals surface area contributed by atoms with Crippen molar-refractivity contribution in [2.24, 2.45) is 0 Å². The number of Topliss-reactive ketones (excluding diaryl/α,β-unsaturated/α-hetero) is 1. The number of carbonyl (C=O) groups excluding carboxylic acids is 1. The molecule has 0 radical (unpaired) electrons. The molecule has 4 heteroatoms. The molecule has 0 aromatic heterocycles. The molecule has 0 aliphatic carbocycles. The van der Waals surface area contributed by atoms with E-state index < -0.39 is 27.2 Å². The second kappa shape index (κ2) is 5.97. The number of halogens is 1.